The summed E-state index contributed by atoms with van der Waals surface area (Å²) in [6.07, 6.45) is 3.15. The molecular weight excluding hydrogens is 258 g/mol. The number of rotatable bonds is 5. The molecule has 0 aliphatic heterocycles. The minimum Gasteiger partial charge on any atom is -0.259 e. The van der Waals surface area contributed by atoms with Crippen molar-refractivity contribution in [3.05, 3.63) is 28.5 Å². The monoisotopic (exact) mass is 273 g/mol. The molecule has 1 rings (SSSR count). The summed E-state index contributed by atoms with van der Waals surface area (Å²) in [7, 11) is 0. The molecule has 1 aromatic rings. The molecule has 1 heterocycles. The minimum absolute atomic E-state index is 0.806. The quantitative estimate of drug-likeness (QED) is 0.749. The number of halogens is 1. The number of thioether (sulfide) groups is 1. The predicted octanol–water partition coefficient (Wildman–Crippen LogP) is 4.12. The Kier molecular flexibility index (Phi) is 5.56. The van der Waals surface area contributed by atoms with Gasteiger partial charge in [-0.05, 0) is 46.2 Å². The number of aromatic nitrogens is 1. The number of nitrogens with zero attached hydrogens (tertiary/aromatic N) is 1. The lowest BCUT2D eigenvalue weighted by molar-refractivity contribution is 0.632. The molecule has 3 heteroatoms. The number of pyridine rings is 1. The van der Waals surface area contributed by atoms with Crippen molar-refractivity contribution >= 4 is 27.7 Å². The van der Waals surface area contributed by atoms with E-state index in [9.17, 15) is 0 Å². The Morgan fingerprint density at radius 2 is 2.21 bits per heavy atom. The third-order valence-corrected chi connectivity index (χ3v) is 3.37. The Morgan fingerprint density at radius 3 is 2.79 bits per heavy atom. The lowest BCUT2D eigenvalue weighted by Gasteiger charge is -2.03. The van der Waals surface area contributed by atoms with Gasteiger partial charge in [0.05, 0.1) is 5.69 Å². The van der Waals surface area contributed by atoms with Crippen LogP contribution < -0.4 is 0 Å². The second-order valence-electron chi connectivity index (χ2n) is 3.70. The highest BCUT2D eigenvalue weighted by Crippen LogP contribution is 2.15. The van der Waals surface area contributed by atoms with Crippen molar-refractivity contribution in [1.29, 1.82) is 0 Å². The van der Waals surface area contributed by atoms with Crippen molar-refractivity contribution in [1.82, 2.24) is 4.98 Å². The van der Waals surface area contributed by atoms with Crippen LogP contribution in [0.1, 0.15) is 26.0 Å². The Balaban J connectivity index is 2.21. The second-order valence-corrected chi connectivity index (χ2v) is 5.72. The first kappa shape index (κ1) is 12.1. The Hall–Kier alpha value is -0.0200. The van der Waals surface area contributed by atoms with E-state index in [0.717, 1.165) is 16.1 Å². The molecule has 0 N–H and O–H groups in total. The first-order valence-corrected chi connectivity index (χ1v) is 6.81. The van der Waals surface area contributed by atoms with Crippen LogP contribution in [-0.4, -0.2) is 10.7 Å². The summed E-state index contributed by atoms with van der Waals surface area (Å²) in [4.78, 5) is 4.33. The van der Waals surface area contributed by atoms with Gasteiger partial charge in [0.15, 0.2) is 0 Å². The molecule has 14 heavy (non-hydrogen) atoms. The van der Waals surface area contributed by atoms with Crippen LogP contribution in [0.5, 0.6) is 0 Å². The fourth-order valence-corrected chi connectivity index (χ4v) is 2.38. The van der Waals surface area contributed by atoms with E-state index < -0.39 is 0 Å². The van der Waals surface area contributed by atoms with Crippen molar-refractivity contribution in [2.75, 3.05) is 5.75 Å². The maximum atomic E-state index is 4.33. The van der Waals surface area contributed by atoms with Crippen LogP contribution in [0.15, 0.2) is 22.8 Å². The van der Waals surface area contributed by atoms with Gasteiger partial charge >= 0.3 is 0 Å². The Morgan fingerprint density at radius 1 is 1.43 bits per heavy atom. The highest BCUT2D eigenvalue weighted by atomic mass is 79.9. The molecule has 0 amide bonds. The van der Waals surface area contributed by atoms with Gasteiger partial charge in [0.1, 0.15) is 0 Å². The van der Waals surface area contributed by atoms with Crippen LogP contribution in [0.25, 0.3) is 0 Å². The average molecular weight is 274 g/mol. The third kappa shape index (κ3) is 5.01. The van der Waals surface area contributed by atoms with Crippen LogP contribution >= 0.6 is 27.7 Å². The largest absolute Gasteiger partial charge is 0.259 e. The summed E-state index contributed by atoms with van der Waals surface area (Å²) in [5, 5.41) is 0. The molecule has 0 bridgehead atoms. The maximum Gasteiger partial charge on any atom is 0.0503 e. The van der Waals surface area contributed by atoms with E-state index in [1.165, 1.54) is 17.9 Å². The van der Waals surface area contributed by atoms with Gasteiger partial charge in [0.2, 0.25) is 0 Å². The van der Waals surface area contributed by atoms with E-state index in [4.69, 9.17) is 0 Å². The Bertz CT molecular complexity index is 258. The zero-order valence-electron chi connectivity index (χ0n) is 8.66. The van der Waals surface area contributed by atoms with E-state index in [2.05, 4.69) is 40.8 Å². The van der Waals surface area contributed by atoms with Crippen LogP contribution in [-0.2, 0) is 5.75 Å². The zero-order chi connectivity index (χ0) is 10.4. The molecule has 0 aliphatic rings. The molecule has 0 saturated heterocycles. The van der Waals surface area contributed by atoms with E-state index in [-0.39, 0.29) is 0 Å². The molecule has 1 aromatic heterocycles. The normalized spacial score (nSPS) is 10.9. The molecule has 0 radical (unpaired) electrons. The van der Waals surface area contributed by atoms with Crippen LogP contribution in [0.3, 0.4) is 0 Å². The topological polar surface area (TPSA) is 12.9 Å². The average Bonchev–Trinajstić information content (AvgIpc) is 2.15. The third-order valence-electron chi connectivity index (χ3n) is 1.88. The molecule has 0 spiro atoms. The van der Waals surface area contributed by atoms with Gasteiger partial charge in [-0.15, -0.1) is 0 Å². The van der Waals surface area contributed by atoms with Crippen molar-refractivity contribution in [2.24, 2.45) is 5.92 Å². The smallest absolute Gasteiger partial charge is 0.0503 e. The van der Waals surface area contributed by atoms with Crippen molar-refractivity contribution < 1.29 is 0 Å². The highest BCUT2D eigenvalue weighted by molar-refractivity contribution is 9.10. The fourth-order valence-electron chi connectivity index (χ4n) is 0.988. The van der Waals surface area contributed by atoms with Gasteiger partial charge < -0.3 is 0 Å². The number of hydrogen-bond acceptors (Lipinski definition) is 2. The molecule has 0 atom stereocenters. The molecule has 1 nitrogen and oxygen atoms in total. The van der Waals surface area contributed by atoms with E-state index in [1.807, 2.05) is 24.0 Å². The number of hydrogen-bond donors (Lipinski definition) is 0. The van der Waals surface area contributed by atoms with Gasteiger partial charge in [-0.3, -0.25) is 4.98 Å². The van der Waals surface area contributed by atoms with Gasteiger partial charge in [0, 0.05) is 16.4 Å². The molecule has 0 fully saturated rings. The van der Waals surface area contributed by atoms with E-state index in [1.54, 1.807) is 0 Å². The summed E-state index contributed by atoms with van der Waals surface area (Å²) < 4.78 is 1.05. The molecule has 0 aliphatic carbocycles. The van der Waals surface area contributed by atoms with Crippen molar-refractivity contribution in [3.8, 4) is 0 Å². The summed E-state index contributed by atoms with van der Waals surface area (Å²) in [6.45, 7) is 4.52. The summed E-state index contributed by atoms with van der Waals surface area (Å²) in [5.41, 5.74) is 1.17. The molecule has 0 unspecified atom stereocenters. The van der Waals surface area contributed by atoms with Gasteiger partial charge in [-0.2, -0.15) is 11.8 Å². The van der Waals surface area contributed by atoms with Crippen LogP contribution in [0.4, 0.5) is 0 Å². The fraction of sp³-hybridized carbons (Fsp3) is 0.545. The summed E-state index contributed by atoms with van der Waals surface area (Å²) in [6, 6.07) is 4.12. The first-order valence-electron chi connectivity index (χ1n) is 4.86. The van der Waals surface area contributed by atoms with Crippen molar-refractivity contribution in [3.63, 3.8) is 0 Å². The molecule has 0 saturated carbocycles. The lowest BCUT2D eigenvalue weighted by Crippen LogP contribution is -1.91. The molecule has 0 aromatic carbocycles. The SMILES string of the molecule is CC(C)CCSCc1ccc(Br)cn1. The molecular formula is C11H16BrNS. The highest BCUT2D eigenvalue weighted by Gasteiger charge is 1.97. The summed E-state index contributed by atoms with van der Waals surface area (Å²) >= 11 is 5.34. The van der Waals surface area contributed by atoms with E-state index >= 15 is 0 Å². The summed E-state index contributed by atoms with van der Waals surface area (Å²) in [5.74, 6) is 3.07. The Labute approximate surface area is 98.8 Å². The zero-order valence-corrected chi connectivity index (χ0v) is 11.1. The standard InChI is InChI=1S/C11H16BrNS/c1-9(2)5-6-14-8-11-4-3-10(12)7-13-11/h3-4,7,9H,5-6,8H2,1-2H3. The predicted molar refractivity (Wildman–Crippen MR) is 67.6 cm³/mol. The maximum absolute atomic E-state index is 4.33. The van der Waals surface area contributed by atoms with Crippen LogP contribution in [0.2, 0.25) is 0 Å². The lowest BCUT2D eigenvalue weighted by atomic mass is 10.2. The second kappa shape index (κ2) is 6.46. The van der Waals surface area contributed by atoms with Gasteiger partial charge in [0.25, 0.3) is 0 Å². The van der Waals surface area contributed by atoms with Crippen LogP contribution in [0, 0.1) is 5.92 Å². The molecule has 78 valence electrons. The van der Waals surface area contributed by atoms with Gasteiger partial charge in [-0.25, -0.2) is 0 Å². The first-order chi connectivity index (χ1) is 6.68. The van der Waals surface area contributed by atoms with Gasteiger partial charge in [-0.1, -0.05) is 13.8 Å². The van der Waals surface area contributed by atoms with Crippen molar-refractivity contribution in [2.45, 2.75) is 26.0 Å². The minimum atomic E-state index is 0.806. The van der Waals surface area contributed by atoms with E-state index in [0.29, 0.717) is 0 Å².